The van der Waals surface area contributed by atoms with Crippen molar-refractivity contribution in [3.63, 3.8) is 0 Å². The number of amides is 2. The van der Waals surface area contributed by atoms with Gasteiger partial charge in [0.1, 0.15) is 5.82 Å². The van der Waals surface area contributed by atoms with Crippen molar-refractivity contribution in [2.45, 2.75) is 44.6 Å². The fourth-order valence-electron chi connectivity index (χ4n) is 2.89. The Bertz CT molecular complexity index is 627. The van der Waals surface area contributed by atoms with Crippen molar-refractivity contribution in [3.05, 3.63) is 35.6 Å². The zero-order valence-electron chi connectivity index (χ0n) is 14.0. The van der Waals surface area contributed by atoms with Crippen molar-refractivity contribution in [3.8, 4) is 0 Å². The van der Waals surface area contributed by atoms with Gasteiger partial charge in [-0.3, -0.25) is 14.4 Å². The number of piperidine rings is 1. The van der Waals surface area contributed by atoms with Gasteiger partial charge >= 0.3 is 5.97 Å². The van der Waals surface area contributed by atoms with Crippen molar-refractivity contribution in [1.82, 2.24) is 10.2 Å². The van der Waals surface area contributed by atoms with Gasteiger partial charge in [0.2, 0.25) is 5.91 Å². The molecular weight excluding hydrogens is 327 g/mol. The fraction of sp³-hybridized carbons (Fsp3) is 0.500. The molecule has 0 spiro atoms. The second kappa shape index (κ2) is 9.15. The standard InChI is InChI=1S/C18H23FN2O4/c19-15-6-2-1-5-14(15)18(25)21-11-9-13(10-12-21)20-16(22)7-3-4-8-17(23)24/h1-2,5-6,13H,3-4,7-12H2,(H,20,22)(H,23,24). The molecule has 136 valence electrons. The number of carbonyl (C=O) groups excluding carboxylic acids is 2. The minimum Gasteiger partial charge on any atom is -0.481 e. The number of nitrogens with one attached hydrogen (secondary N) is 1. The molecule has 2 rings (SSSR count). The number of nitrogens with zero attached hydrogens (tertiary/aromatic N) is 1. The summed E-state index contributed by atoms with van der Waals surface area (Å²) in [4.78, 5) is 36.2. The van der Waals surface area contributed by atoms with Crippen LogP contribution in [0.25, 0.3) is 0 Å². The molecule has 0 bridgehead atoms. The first-order chi connectivity index (χ1) is 12.0. The number of hydrogen-bond acceptors (Lipinski definition) is 3. The molecule has 1 saturated heterocycles. The third kappa shape index (κ3) is 5.85. The van der Waals surface area contributed by atoms with Crippen LogP contribution in [0.4, 0.5) is 4.39 Å². The summed E-state index contributed by atoms with van der Waals surface area (Å²) >= 11 is 0. The predicted molar refractivity (Wildman–Crippen MR) is 89.6 cm³/mol. The van der Waals surface area contributed by atoms with Crippen molar-refractivity contribution in [1.29, 1.82) is 0 Å². The first-order valence-electron chi connectivity index (χ1n) is 8.52. The van der Waals surface area contributed by atoms with Gasteiger partial charge in [0, 0.05) is 32.0 Å². The molecule has 0 unspecified atom stereocenters. The number of hydrogen-bond donors (Lipinski definition) is 2. The molecule has 2 amide bonds. The summed E-state index contributed by atoms with van der Waals surface area (Å²) in [6, 6.07) is 5.92. The molecule has 1 aliphatic heterocycles. The summed E-state index contributed by atoms with van der Waals surface area (Å²) in [5.41, 5.74) is 0.0726. The van der Waals surface area contributed by atoms with Crippen LogP contribution in [0, 0.1) is 5.82 Å². The number of aliphatic carboxylic acids is 1. The summed E-state index contributed by atoms with van der Waals surface area (Å²) in [6.45, 7) is 0.939. The van der Waals surface area contributed by atoms with Gasteiger partial charge in [-0.15, -0.1) is 0 Å². The largest absolute Gasteiger partial charge is 0.481 e. The van der Waals surface area contributed by atoms with Gasteiger partial charge < -0.3 is 15.3 Å². The second-order valence-corrected chi connectivity index (χ2v) is 6.21. The van der Waals surface area contributed by atoms with E-state index in [1.165, 1.54) is 12.1 Å². The maximum atomic E-state index is 13.7. The van der Waals surface area contributed by atoms with Crippen LogP contribution in [-0.4, -0.2) is 46.9 Å². The maximum Gasteiger partial charge on any atom is 0.303 e. The lowest BCUT2D eigenvalue weighted by atomic mass is 10.0. The first kappa shape index (κ1) is 18.9. The first-order valence-corrected chi connectivity index (χ1v) is 8.52. The van der Waals surface area contributed by atoms with Crippen LogP contribution in [-0.2, 0) is 9.59 Å². The summed E-state index contributed by atoms with van der Waals surface area (Å²) in [6.07, 6.45) is 2.66. The van der Waals surface area contributed by atoms with E-state index in [2.05, 4.69) is 5.32 Å². The van der Waals surface area contributed by atoms with Crippen molar-refractivity contribution in [2.24, 2.45) is 0 Å². The van der Waals surface area contributed by atoms with Gasteiger partial charge in [0.15, 0.2) is 0 Å². The number of benzene rings is 1. The zero-order valence-corrected chi connectivity index (χ0v) is 14.0. The highest BCUT2D eigenvalue weighted by molar-refractivity contribution is 5.94. The van der Waals surface area contributed by atoms with E-state index in [-0.39, 0.29) is 29.8 Å². The highest BCUT2D eigenvalue weighted by Gasteiger charge is 2.25. The molecule has 1 aromatic carbocycles. The molecule has 1 fully saturated rings. The van der Waals surface area contributed by atoms with E-state index in [1.54, 1.807) is 17.0 Å². The Morgan fingerprint density at radius 1 is 1.12 bits per heavy atom. The van der Waals surface area contributed by atoms with Gasteiger partial charge in [-0.25, -0.2) is 4.39 Å². The number of carboxylic acid groups (broad SMARTS) is 1. The smallest absolute Gasteiger partial charge is 0.303 e. The lowest BCUT2D eigenvalue weighted by molar-refractivity contribution is -0.137. The number of halogens is 1. The average molecular weight is 350 g/mol. The Morgan fingerprint density at radius 3 is 2.40 bits per heavy atom. The molecule has 25 heavy (non-hydrogen) atoms. The Labute approximate surface area is 146 Å². The summed E-state index contributed by atoms with van der Waals surface area (Å²) in [5.74, 6) is -1.79. The monoisotopic (exact) mass is 350 g/mol. The summed E-state index contributed by atoms with van der Waals surface area (Å²) < 4.78 is 13.7. The Morgan fingerprint density at radius 2 is 1.76 bits per heavy atom. The van der Waals surface area contributed by atoms with Crippen LogP contribution in [0.15, 0.2) is 24.3 Å². The molecule has 1 aromatic rings. The molecule has 1 heterocycles. The van der Waals surface area contributed by atoms with Crippen LogP contribution < -0.4 is 5.32 Å². The van der Waals surface area contributed by atoms with Gasteiger partial charge in [0.05, 0.1) is 5.56 Å². The Hall–Kier alpha value is -2.44. The number of unbranched alkanes of at least 4 members (excludes halogenated alkanes) is 1. The second-order valence-electron chi connectivity index (χ2n) is 6.21. The molecule has 0 radical (unpaired) electrons. The molecule has 0 saturated carbocycles. The molecule has 2 N–H and O–H groups in total. The minimum absolute atomic E-state index is 0.00311. The predicted octanol–water partition coefficient (Wildman–Crippen LogP) is 2.19. The van der Waals surface area contributed by atoms with Crippen LogP contribution in [0.1, 0.15) is 48.9 Å². The molecule has 7 heteroatoms. The van der Waals surface area contributed by atoms with Crippen molar-refractivity contribution >= 4 is 17.8 Å². The molecule has 0 atom stereocenters. The highest BCUT2D eigenvalue weighted by atomic mass is 19.1. The number of rotatable bonds is 7. The molecule has 0 aliphatic carbocycles. The van der Waals surface area contributed by atoms with E-state index in [1.807, 2.05) is 0 Å². The van der Waals surface area contributed by atoms with E-state index in [4.69, 9.17) is 5.11 Å². The molecular formula is C18H23FN2O4. The normalized spacial score (nSPS) is 15.0. The van der Waals surface area contributed by atoms with Gasteiger partial charge in [-0.1, -0.05) is 12.1 Å². The third-order valence-corrected chi connectivity index (χ3v) is 4.30. The van der Waals surface area contributed by atoms with Crippen molar-refractivity contribution < 1.29 is 23.9 Å². The number of carboxylic acids is 1. The number of likely N-dealkylation sites (tertiary alicyclic amines) is 1. The van der Waals surface area contributed by atoms with Gasteiger partial charge in [-0.05, 0) is 37.8 Å². The Kier molecular flexibility index (Phi) is 6.91. The average Bonchev–Trinajstić information content (AvgIpc) is 2.59. The molecule has 1 aliphatic rings. The summed E-state index contributed by atoms with van der Waals surface area (Å²) in [7, 11) is 0. The topological polar surface area (TPSA) is 86.7 Å². The van der Waals surface area contributed by atoms with Crippen LogP contribution in [0.2, 0.25) is 0 Å². The van der Waals surface area contributed by atoms with E-state index in [0.29, 0.717) is 45.2 Å². The highest BCUT2D eigenvalue weighted by Crippen LogP contribution is 2.16. The van der Waals surface area contributed by atoms with E-state index in [0.717, 1.165) is 0 Å². The van der Waals surface area contributed by atoms with E-state index >= 15 is 0 Å². The number of carbonyl (C=O) groups is 3. The van der Waals surface area contributed by atoms with Crippen LogP contribution in [0.5, 0.6) is 0 Å². The van der Waals surface area contributed by atoms with E-state index < -0.39 is 11.8 Å². The third-order valence-electron chi connectivity index (χ3n) is 4.30. The summed E-state index contributed by atoms with van der Waals surface area (Å²) in [5, 5.41) is 11.5. The lowest BCUT2D eigenvalue weighted by Gasteiger charge is -2.32. The van der Waals surface area contributed by atoms with E-state index in [9.17, 15) is 18.8 Å². The minimum atomic E-state index is -0.854. The fourth-order valence-corrected chi connectivity index (χ4v) is 2.89. The molecule has 0 aromatic heterocycles. The van der Waals surface area contributed by atoms with Gasteiger partial charge in [0.25, 0.3) is 5.91 Å². The Balaban J connectivity index is 1.72. The lowest BCUT2D eigenvalue weighted by Crippen LogP contribution is -2.46. The van der Waals surface area contributed by atoms with Crippen LogP contribution in [0.3, 0.4) is 0 Å². The maximum absolute atomic E-state index is 13.7. The SMILES string of the molecule is O=C(O)CCCCC(=O)NC1CCN(C(=O)c2ccccc2F)CC1. The van der Waals surface area contributed by atoms with Crippen molar-refractivity contribution in [2.75, 3.05) is 13.1 Å². The van der Waals surface area contributed by atoms with Crippen LogP contribution >= 0.6 is 0 Å². The zero-order chi connectivity index (χ0) is 18.2. The van der Waals surface area contributed by atoms with Gasteiger partial charge in [-0.2, -0.15) is 0 Å². The quantitative estimate of drug-likeness (QED) is 0.738. The molecule has 6 nitrogen and oxygen atoms in total.